The first-order valence-electron chi connectivity index (χ1n) is 9.13. The molecular formula is C20H31NO5. The van der Waals surface area contributed by atoms with Gasteiger partial charge >= 0.3 is 5.97 Å². The van der Waals surface area contributed by atoms with Crippen LogP contribution in [0.4, 0.5) is 5.69 Å². The second-order valence-electron chi connectivity index (χ2n) is 5.58. The van der Waals surface area contributed by atoms with Gasteiger partial charge in [-0.2, -0.15) is 0 Å². The summed E-state index contributed by atoms with van der Waals surface area (Å²) in [5, 5.41) is 3.31. The molecule has 146 valence electrons. The molecule has 0 unspecified atom stereocenters. The van der Waals surface area contributed by atoms with E-state index in [4.69, 9.17) is 18.9 Å². The zero-order chi connectivity index (χ0) is 18.9. The minimum absolute atomic E-state index is 0.220. The topological polar surface area (TPSA) is 66.0 Å². The molecule has 0 heterocycles. The van der Waals surface area contributed by atoms with E-state index in [1.165, 1.54) is 0 Å². The summed E-state index contributed by atoms with van der Waals surface area (Å²) >= 11 is 0. The molecule has 0 amide bonds. The van der Waals surface area contributed by atoms with Crippen LogP contribution in [-0.2, 0) is 18.9 Å². The highest BCUT2D eigenvalue weighted by Gasteiger charge is 2.06. The van der Waals surface area contributed by atoms with E-state index in [2.05, 4.69) is 18.8 Å². The Kier molecular flexibility index (Phi) is 13.1. The van der Waals surface area contributed by atoms with Gasteiger partial charge in [-0.3, -0.25) is 0 Å². The van der Waals surface area contributed by atoms with E-state index in [1.807, 2.05) is 12.1 Å². The molecule has 0 aliphatic carbocycles. The Labute approximate surface area is 156 Å². The van der Waals surface area contributed by atoms with E-state index in [9.17, 15) is 4.79 Å². The molecule has 6 heteroatoms. The Hall–Kier alpha value is -1.89. The summed E-state index contributed by atoms with van der Waals surface area (Å²) in [7, 11) is 0. The number of benzene rings is 1. The molecule has 0 saturated carbocycles. The molecule has 0 atom stereocenters. The first kappa shape index (κ1) is 22.2. The second kappa shape index (κ2) is 15.4. The number of hydrogen-bond donors (Lipinski definition) is 1. The first-order chi connectivity index (χ1) is 12.8. The highest BCUT2D eigenvalue weighted by Crippen LogP contribution is 2.10. The quantitative estimate of drug-likeness (QED) is 0.275. The van der Waals surface area contributed by atoms with Crippen LogP contribution in [0.3, 0.4) is 0 Å². The Morgan fingerprint density at radius 3 is 2.23 bits per heavy atom. The van der Waals surface area contributed by atoms with Crippen molar-refractivity contribution in [2.45, 2.75) is 19.8 Å². The van der Waals surface area contributed by atoms with Crippen LogP contribution in [0.1, 0.15) is 30.1 Å². The minimum Gasteiger partial charge on any atom is -0.460 e. The van der Waals surface area contributed by atoms with Crippen molar-refractivity contribution in [3.05, 3.63) is 42.5 Å². The molecule has 0 saturated heterocycles. The normalized spacial score (nSPS) is 10.5. The van der Waals surface area contributed by atoms with Crippen LogP contribution < -0.4 is 5.32 Å². The summed E-state index contributed by atoms with van der Waals surface area (Å²) < 4.78 is 21.0. The molecule has 0 spiro atoms. The zero-order valence-electron chi connectivity index (χ0n) is 15.7. The van der Waals surface area contributed by atoms with Gasteiger partial charge in [-0.25, -0.2) is 4.79 Å². The zero-order valence-corrected chi connectivity index (χ0v) is 15.7. The molecule has 1 N–H and O–H groups in total. The van der Waals surface area contributed by atoms with Crippen LogP contribution in [0.15, 0.2) is 36.9 Å². The van der Waals surface area contributed by atoms with Gasteiger partial charge < -0.3 is 24.3 Å². The Bertz CT molecular complexity index is 489. The number of esters is 1. The van der Waals surface area contributed by atoms with Crippen LogP contribution in [0.25, 0.3) is 0 Å². The second-order valence-corrected chi connectivity index (χ2v) is 5.58. The van der Waals surface area contributed by atoms with Gasteiger partial charge in [-0.05, 0) is 30.7 Å². The maximum absolute atomic E-state index is 11.9. The fourth-order valence-electron chi connectivity index (χ4n) is 2.02. The smallest absolute Gasteiger partial charge is 0.338 e. The van der Waals surface area contributed by atoms with E-state index < -0.39 is 0 Å². The summed E-state index contributed by atoms with van der Waals surface area (Å²) in [6, 6.07) is 7.30. The van der Waals surface area contributed by atoms with Crippen molar-refractivity contribution < 1.29 is 23.7 Å². The van der Waals surface area contributed by atoms with E-state index in [0.29, 0.717) is 45.2 Å². The largest absolute Gasteiger partial charge is 0.460 e. The third-order valence-corrected chi connectivity index (χ3v) is 3.42. The van der Waals surface area contributed by atoms with Crippen molar-refractivity contribution in [2.24, 2.45) is 0 Å². The summed E-state index contributed by atoms with van der Waals surface area (Å²) in [6.45, 7) is 9.74. The molecule has 1 aromatic carbocycles. The number of anilines is 1. The summed E-state index contributed by atoms with van der Waals surface area (Å²) in [6.07, 6.45) is 3.97. The van der Waals surface area contributed by atoms with Crippen molar-refractivity contribution in [1.82, 2.24) is 0 Å². The lowest BCUT2D eigenvalue weighted by Crippen LogP contribution is -2.14. The van der Waals surface area contributed by atoms with Crippen LogP contribution in [0.5, 0.6) is 0 Å². The third kappa shape index (κ3) is 10.9. The fourth-order valence-corrected chi connectivity index (χ4v) is 2.02. The number of hydrogen-bond acceptors (Lipinski definition) is 6. The van der Waals surface area contributed by atoms with Crippen molar-refractivity contribution >= 4 is 11.7 Å². The van der Waals surface area contributed by atoms with Gasteiger partial charge in [-0.1, -0.05) is 19.4 Å². The van der Waals surface area contributed by atoms with Gasteiger partial charge in [-0.15, -0.1) is 6.58 Å². The maximum atomic E-state index is 11.9. The Morgan fingerprint density at radius 1 is 1.00 bits per heavy atom. The monoisotopic (exact) mass is 365 g/mol. The molecule has 0 aliphatic heterocycles. The van der Waals surface area contributed by atoms with Crippen LogP contribution in [-0.4, -0.2) is 58.8 Å². The highest BCUT2D eigenvalue weighted by atomic mass is 16.6. The summed E-state index contributed by atoms with van der Waals surface area (Å²) in [5.74, 6) is -0.343. The van der Waals surface area contributed by atoms with Gasteiger partial charge in [0.2, 0.25) is 0 Å². The third-order valence-electron chi connectivity index (χ3n) is 3.42. The minimum atomic E-state index is -0.343. The molecule has 26 heavy (non-hydrogen) atoms. The van der Waals surface area contributed by atoms with E-state index >= 15 is 0 Å². The van der Waals surface area contributed by atoms with Crippen molar-refractivity contribution in [3.63, 3.8) is 0 Å². The van der Waals surface area contributed by atoms with E-state index in [1.54, 1.807) is 18.2 Å². The van der Waals surface area contributed by atoms with Crippen molar-refractivity contribution in [3.8, 4) is 0 Å². The lowest BCUT2D eigenvalue weighted by atomic mass is 10.2. The van der Waals surface area contributed by atoms with Gasteiger partial charge in [0.1, 0.15) is 6.61 Å². The van der Waals surface area contributed by atoms with Gasteiger partial charge in [0.15, 0.2) is 0 Å². The van der Waals surface area contributed by atoms with Crippen molar-refractivity contribution in [2.75, 3.05) is 58.1 Å². The highest BCUT2D eigenvalue weighted by molar-refractivity contribution is 5.89. The predicted molar refractivity (Wildman–Crippen MR) is 103 cm³/mol. The maximum Gasteiger partial charge on any atom is 0.338 e. The summed E-state index contributed by atoms with van der Waals surface area (Å²) in [5.41, 5.74) is 1.54. The molecule has 0 aliphatic rings. The molecule has 0 radical (unpaired) electrons. The standard InChI is InChI=1S/C20H31NO5/c1-3-5-10-21-19-8-6-18(7-9-19)20(22)26-17-16-25-15-14-24-13-12-23-11-4-2/h4,6-9,21H,2-3,5,10-17H2,1H3. The average molecular weight is 365 g/mol. The average Bonchev–Trinajstić information content (AvgIpc) is 2.66. The molecule has 0 fully saturated rings. The lowest BCUT2D eigenvalue weighted by molar-refractivity contribution is 0.00314. The predicted octanol–water partition coefficient (Wildman–Crippen LogP) is 3.29. The lowest BCUT2D eigenvalue weighted by Gasteiger charge is -2.08. The van der Waals surface area contributed by atoms with E-state index in [-0.39, 0.29) is 12.6 Å². The SMILES string of the molecule is C=CCOCCOCCOCCOC(=O)c1ccc(NCCCC)cc1. The summed E-state index contributed by atoms with van der Waals surface area (Å²) in [4.78, 5) is 11.9. The molecule has 0 bridgehead atoms. The molecule has 6 nitrogen and oxygen atoms in total. The van der Waals surface area contributed by atoms with Crippen LogP contribution in [0.2, 0.25) is 0 Å². The first-order valence-corrected chi connectivity index (χ1v) is 9.13. The fraction of sp³-hybridized carbons (Fsp3) is 0.550. The molecular weight excluding hydrogens is 334 g/mol. The Balaban J connectivity index is 2.03. The van der Waals surface area contributed by atoms with Gasteiger partial charge in [0.05, 0.1) is 45.2 Å². The van der Waals surface area contributed by atoms with E-state index in [0.717, 1.165) is 25.1 Å². The van der Waals surface area contributed by atoms with Crippen LogP contribution >= 0.6 is 0 Å². The molecule has 1 rings (SSSR count). The Morgan fingerprint density at radius 2 is 1.62 bits per heavy atom. The molecule has 1 aromatic rings. The van der Waals surface area contributed by atoms with Crippen molar-refractivity contribution in [1.29, 1.82) is 0 Å². The number of ether oxygens (including phenoxy) is 4. The number of carbonyl (C=O) groups is 1. The molecule has 0 aromatic heterocycles. The number of carbonyl (C=O) groups excluding carboxylic acids is 1. The number of unbranched alkanes of at least 4 members (excludes halogenated alkanes) is 1. The number of rotatable bonds is 16. The van der Waals surface area contributed by atoms with Gasteiger partial charge in [0, 0.05) is 12.2 Å². The number of nitrogens with one attached hydrogen (secondary N) is 1. The van der Waals surface area contributed by atoms with Gasteiger partial charge in [0.25, 0.3) is 0 Å². The van der Waals surface area contributed by atoms with Crippen LogP contribution in [0, 0.1) is 0 Å².